The highest BCUT2D eigenvalue weighted by atomic mass is 16.5. The lowest BCUT2D eigenvalue weighted by Crippen LogP contribution is -2.39. The van der Waals surface area contributed by atoms with Crippen molar-refractivity contribution in [1.29, 1.82) is 0 Å². The SMILES string of the molecule is O=C(CCc1nc(-c2ccccc2)no1)N1CCC(Cc2ccccc2)CC1. The number of aromatic nitrogens is 2. The molecular formula is C23H25N3O2. The minimum absolute atomic E-state index is 0.178. The molecule has 0 radical (unpaired) electrons. The van der Waals surface area contributed by atoms with Gasteiger partial charge in [-0.1, -0.05) is 65.8 Å². The Hall–Kier alpha value is -2.95. The zero-order valence-electron chi connectivity index (χ0n) is 16.0. The number of aryl methyl sites for hydroxylation is 1. The summed E-state index contributed by atoms with van der Waals surface area (Å²) in [6.45, 7) is 1.69. The molecule has 4 rings (SSSR count). The molecule has 0 aliphatic carbocycles. The van der Waals surface area contributed by atoms with Gasteiger partial charge in [0.05, 0.1) is 0 Å². The second kappa shape index (κ2) is 8.83. The Morgan fingerprint density at radius 1 is 1.00 bits per heavy atom. The maximum Gasteiger partial charge on any atom is 0.227 e. The van der Waals surface area contributed by atoms with Gasteiger partial charge in [-0.05, 0) is 30.7 Å². The van der Waals surface area contributed by atoms with Crippen LogP contribution in [0.2, 0.25) is 0 Å². The van der Waals surface area contributed by atoms with E-state index in [1.54, 1.807) is 0 Å². The van der Waals surface area contributed by atoms with Crippen LogP contribution in [0.1, 0.15) is 30.7 Å². The number of nitrogens with zero attached hydrogens (tertiary/aromatic N) is 3. The highest BCUT2D eigenvalue weighted by molar-refractivity contribution is 5.76. The molecule has 1 aliphatic rings. The van der Waals surface area contributed by atoms with E-state index in [0.717, 1.165) is 37.9 Å². The number of likely N-dealkylation sites (tertiary alicyclic amines) is 1. The molecule has 0 N–H and O–H groups in total. The van der Waals surface area contributed by atoms with Crippen molar-refractivity contribution >= 4 is 5.91 Å². The first-order chi connectivity index (χ1) is 13.8. The maximum absolute atomic E-state index is 12.5. The zero-order valence-corrected chi connectivity index (χ0v) is 16.0. The number of piperidine rings is 1. The molecule has 0 atom stereocenters. The highest BCUT2D eigenvalue weighted by Crippen LogP contribution is 2.22. The number of hydrogen-bond donors (Lipinski definition) is 0. The van der Waals surface area contributed by atoms with Crippen molar-refractivity contribution in [2.75, 3.05) is 13.1 Å². The second-order valence-electron chi connectivity index (χ2n) is 7.39. The van der Waals surface area contributed by atoms with Crippen LogP contribution >= 0.6 is 0 Å². The molecule has 1 aliphatic heterocycles. The Balaban J connectivity index is 1.23. The fourth-order valence-corrected chi connectivity index (χ4v) is 3.77. The van der Waals surface area contributed by atoms with Gasteiger partial charge in [0.2, 0.25) is 17.6 Å². The predicted octanol–water partition coefficient (Wildman–Crippen LogP) is 4.15. The number of rotatable bonds is 6. The van der Waals surface area contributed by atoms with E-state index in [4.69, 9.17) is 4.52 Å². The van der Waals surface area contributed by atoms with Crippen LogP contribution in [0.25, 0.3) is 11.4 Å². The molecule has 3 aromatic rings. The van der Waals surface area contributed by atoms with Gasteiger partial charge in [0.15, 0.2) is 0 Å². The van der Waals surface area contributed by atoms with Gasteiger partial charge in [-0.3, -0.25) is 4.79 Å². The van der Waals surface area contributed by atoms with Crippen LogP contribution in [-0.4, -0.2) is 34.0 Å². The second-order valence-corrected chi connectivity index (χ2v) is 7.39. The smallest absolute Gasteiger partial charge is 0.227 e. The van der Waals surface area contributed by atoms with Gasteiger partial charge in [-0.2, -0.15) is 4.98 Å². The first-order valence-electron chi connectivity index (χ1n) is 9.97. The van der Waals surface area contributed by atoms with Gasteiger partial charge in [-0.15, -0.1) is 0 Å². The molecule has 0 unspecified atom stereocenters. The number of hydrogen-bond acceptors (Lipinski definition) is 4. The van der Waals surface area contributed by atoms with E-state index in [2.05, 4.69) is 40.5 Å². The van der Waals surface area contributed by atoms with Crippen molar-refractivity contribution in [2.24, 2.45) is 5.92 Å². The summed E-state index contributed by atoms with van der Waals surface area (Å²) in [6, 6.07) is 20.3. The molecule has 2 aromatic carbocycles. The van der Waals surface area contributed by atoms with E-state index in [9.17, 15) is 4.79 Å². The summed E-state index contributed by atoms with van der Waals surface area (Å²) in [7, 11) is 0. The van der Waals surface area contributed by atoms with E-state index in [1.807, 2.05) is 35.2 Å². The molecule has 1 fully saturated rings. The van der Waals surface area contributed by atoms with Crippen molar-refractivity contribution in [3.05, 3.63) is 72.1 Å². The quantitative estimate of drug-likeness (QED) is 0.649. The zero-order chi connectivity index (χ0) is 19.2. The van der Waals surface area contributed by atoms with Crippen molar-refractivity contribution in [3.63, 3.8) is 0 Å². The molecule has 0 bridgehead atoms. The fraction of sp³-hybridized carbons (Fsp3) is 0.348. The summed E-state index contributed by atoms with van der Waals surface area (Å²) in [4.78, 5) is 18.9. The Kier molecular flexibility index (Phi) is 5.80. The average molecular weight is 375 g/mol. The number of carbonyl (C=O) groups excluding carboxylic acids is 1. The molecule has 5 heteroatoms. The van der Waals surface area contributed by atoms with Gasteiger partial charge < -0.3 is 9.42 Å². The molecule has 0 saturated carbocycles. The molecule has 1 saturated heterocycles. The third-order valence-corrected chi connectivity index (χ3v) is 5.39. The van der Waals surface area contributed by atoms with Gasteiger partial charge >= 0.3 is 0 Å². The topological polar surface area (TPSA) is 59.2 Å². The molecule has 28 heavy (non-hydrogen) atoms. The monoisotopic (exact) mass is 375 g/mol. The summed E-state index contributed by atoms with van der Waals surface area (Å²) >= 11 is 0. The lowest BCUT2D eigenvalue weighted by Gasteiger charge is -2.32. The molecule has 2 heterocycles. The normalized spacial score (nSPS) is 14.9. The Labute approximate surface area is 165 Å². The Morgan fingerprint density at radius 2 is 1.68 bits per heavy atom. The summed E-state index contributed by atoms with van der Waals surface area (Å²) in [6.07, 6.45) is 4.15. The van der Waals surface area contributed by atoms with Crippen molar-refractivity contribution in [1.82, 2.24) is 15.0 Å². The summed E-state index contributed by atoms with van der Waals surface area (Å²) in [5.74, 6) is 1.93. The highest BCUT2D eigenvalue weighted by Gasteiger charge is 2.23. The van der Waals surface area contributed by atoms with Crippen molar-refractivity contribution in [2.45, 2.75) is 32.1 Å². The largest absolute Gasteiger partial charge is 0.343 e. The molecule has 5 nitrogen and oxygen atoms in total. The van der Waals surface area contributed by atoms with Crippen LogP contribution in [0.4, 0.5) is 0 Å². The van der Waals surface area contributed by atoms with E-state index in [1.165, 1.54) is 5.56 Å². The molecule has 1 amide bonds. The van der Waals surface area contributed by atoms with Crippen LogP contribution in [0, 0.1) is 5.92 Å². The van der Waals surface area contributed by atoms with E-state index < -0.39 is 0 Å². The number of amides is 1. The lowest BCUT2D eigenvalue weighted by molar-refractivity contribution is -0.132. The van der Waals surface area contributed by atoms with Crippen molar-refractivity contribution in [3.8, 4) is 11.4 Å². The standard InChI is InChI=1S/C23H25N3O2/c27-22(12-11-21-24-23(25-28-21)20-9-5-2-6-10-20)26-15-13-19(14-16-26)17-18-7-3-1-4-8-18/h1-10,19H,11-17H2. The fourth-order valence-electron chi connectivity index (χ4n) is 3.77. The minimum Gasteiger partial charge on any atom is -0.343 e. The van der Waals surface area contributed by atoms with Crippen LogP contribution in [0.15, 0.2) is 65.2 Å². The Bertz CT molecular complexity index is 884. The molecule has 144 valence electrons. The summed E-state index contributed by atoms with van der Waals surface area (Å²) in [5.41, 5.74) is 2.31. The van der Waals surface area contributed by atoms with Gasteiger partial charge in [0.25, 0.3) is 0 Å². The van der Waals surface area contributed by atoms with E-state index in [-0.39, 0.29) is 5.91 Å². The third-order valence-electron chi connectivity index (χ3n) is 5.39. The molecule has 1 aromatic heterocycles. The average Bonchev–Trinajstić information content (AvgIpc) is 3.23. The number of carbonyl (C=O) groups is 1. The van der Waals surface area contributed by atoms with Gasteiger partial charge in [-0.25, -0.2) is 0 Å². The van der Waals surface area contributed by atoms with Crippen LogP contribution < -0.4 is 0 Å². The van der Waals surface area contributed by atoms with E-state index in [0.29, 0.717) is 30.5 Å². The molecular weight excluding hydrogens is 350 g/mol. The molecule has 0 spiro atoms. The Morgan fingerprint density at radius 3 is 2.39 bits per heavy atom. The maximum atomic E-state index is 12.5. The van der Waals surface area contributed by atoms with Crippen molar-refractivity contribution < 1.29 is 9.32 Å². The first-order valence-corrected chi connectivity index (χ1v) is 9.97. The summed E-state index contributed by atoms with van der Waals surface area (Å²) in [5, 5.41) is 4.02. The third kappa shape index (κ3) is 4.66. The van der Waals surface area contributed by atoms with Gasteiger partial charge in [0, 0.05) is 31.5 Å². The van der Waals surface area contributed by atoms with Crippen LogP contribution in [0.3, 0.4) is 0 Å². The lowest BCUT2D eigenvalue weighted by atomic mass is 9.90. The summed E-state index contributed by atoms with van der Waals surface area (Å²) < 4.78 is 5.31. The minimum atomic E-state index is 0.178. The number of benzene rings is 2. The van der Waals surface area contributed by atoms with Crippen LogP contribution in [-0.2, 0) is 17.6 Å². The van der Waals surface area contributed by atoms with E-state index >= 15 is 0 Å². The predicted molar refractivity (Wildman–Crippen MR) is 108 cm³/mol. The first kappa shape index (κ1) is 18.4. The van der Waals surface area contributed by atoms with Gasteiger partial charge in [0.1, 0.15) is 0 Å². The van der Waals surface area contributed by atoms with Crippen LogP contribution in [0.5, 0.6) is 0 Å².